The maximum atomic E-state index is 12.4. The SMILES string of the molecule is CCCCCCCC/C=C\CCCCCCCCCCCC(=O)NC(CO)C(O)/C=C/CC/C=C/CC/C=C/CCCCCCCCCCCCCCCCCCCCCCCC. The van der Waals surface area contributed by atoms with Crippen molar-refractivity contribution in [1.82, 2.24) is 5.32 Å². The van der Waals surface area contributed by atoms with Gasteiger partial charge in [0.05, 0.1) is 18.8 Å². The van der Waals surface area contributed by atoms with Crippen LogP contribution in [0.25, 0.3) is 0 Å². The predicted molar refractivity (Wildman–Crippen MR) is 281 cm³/mol. The molecule has 0 rings (SSSR count). The summed E-state index contributed by atoms with van der Waals surface area (Å²) in [6.45, 7) is 4.31. The van der Waals surface area contributed by atoms with Crippen LogP contribution in [0.15, 0.2) is 48.6 Å². The van der Waals surface area contributed by atoms with Crippen molar-refractivity contribution in [1.29, 1.82) is 0 Å². The summed E-state index contributed by atoms with van der Waals surface area (Å²) in [6.07, 6.45) is 75.7. The van der Waals surface area contributed by atoms with E-state index in [1.807, 2.05) is 6.08 Å². The lowest BCUT2D eigenvalue weighted by Crippen LogP contribution is -2.45. The number of carbonyl (C=O) groups excluding carboxylic acids is 1. The Kier molecular flexibility index (Phi) is 53.3. The zero-order valence-electron chi connectivity index (χ0n) is 42.6. The first kappa shape index (κ1) is 61.4. The molecule has 0 aromatic rings. The topological polar surface area (TPSA) is 69.6 Å². The molecule has 0 heterocycles. The van der Waals surface area contributed by atoms with E-state index in [1.54, 1.807) is 6.08 Å². The van der Waals surface area contributed by atoms with Gasteiger partial charge in [-0.15, -0.1) is 0 Å². The van der Waals surface area contributed by atoms with Crippen molar-refractivity contribution in [2.45, 2.75) is 315 Å². The first-order valence-electron chi connectivity index (χ1n) is 28.4. The molecular weight excluding hydrogens is 771 g/mol. The highest BCUT2D eigenvalue weighted by Gasteiger charge is 2.18. The van der Waals surface area contributed by atoms with Crippen molar-refractivity contribution in [2.24, 2.45) is 0 Å². The molecule has 0 fully saturated rings. The van der Waals surface area contributed by atoms with Crippen LogP contribution in [-0.2, 0) is 4.79 Å². The number of hydrogen-bond donors (Lipinski definition) is 3. The molecule has 4 nitrogen and oxygen atoms in total. The van der Waals surface area contributed by atoms with Crippen LogP contribution in [0.2, 0.25) is 0 Å². The van der Waals surface area contributed by atoms with Crippen LogP contribution in [0.1, 0.15) is 303 Å². The van der Waals surface area contributed by atoms with Crippen LogP contribution in [0.3, 0.4) is 0 Å². The molecule has 0 aliphatic carbocycles. The fourth-order valence-corrected chi connectivity index (χ4v) is 8.68. The normalized spacial score (nSPS) is 13.1. The molecule has 2 unspecified atom stereocenters. The van der Waals surface area contributed by atoms with Gasteiger partial charge in [0.1, 0.15) is 0 Å². The average Bonchev–Trinajstić information content (AvgIpc) is 3.29. The van der Waals surface area contributed by atoms with E-state index >= 15 is 0 Å². The number of rotatable bonds is 52. The first-order chi connectivity index (χ1) is 31.2. The maximum Gasteiger partial charge on any atom is 0.220 e. The molecule has 63 heavy (non-hydrogen) atoms. The molecule has 0 bridgehead atoms. The van der Waals surface area contributed by atoms with Gasteiger partial charge in [-0.3, -0.25) is 4.79 Å². The number of allylic oxidation sites excluding steroid dienone is 7. The number of carbonyl (C=O) groups is 1. The first-order valence-corrected chi connectivity index (χ1v) is 28.4. The summed E-state index contributed by atoms with van der Waals surface area (Å²) in [5.41, 5.74) is 0. The zero-order valence-corrected chi connectivity index (χ0v) is 42.6. The third kappa shape index (κ3) is 51.2. The lowest BCUT2D eigenvalue weighted by atomic mass is 10.0. The van der Waals surface area contributed by atoms with Crippen molar-refractivity contribution in [3.63, 3.8) is 0 Å². The maximum absolute atomic E-state index is 12.4. The van der Waals surface area contributed by atoms with Gasteiger partial charge >= 0.3 is 0 Å². The van der Waals surface area contributed by atoms with Crippen LogP contribution in [-0.4, -0.2) is 34.9 Å². The van der Waals surface area contributed by atoms with Gasteiger partial charge in [-0.05, 0) is 70.6 Å². The molecule has 0 aromatic heterocycles. The van der Waals surface area contributed by atoms with Gasteiger partial charge in [0.2, 0.25) is 5.91 Å². The summed E-state index contributed by atoms with van der Waals surface area (Å²) in [7, 11) is 0. The van der Waals surface area contributed by atoms with Gasteiger partial charge in [-0.1, -0.05) is 274 Å². The minimum absolute atomic E-state index is 0.0782. The smallest absolute Gasteiger partial charge is 0.220 e. The molecule has 4 heteroatoms. The number of unbranched alkanes of at least 4 members (excludes halogenated alkanes) is 39. The number of aliphatic hydroxyl groups is 2. The fraction of sp³-hybridized carbons (Fsp3) is 0.847. The van der Waals surface area contributed by atoms with Crippen LogP contribution in [0, 0.1) is 0 Å². The van der Waals surface area contributed by atoms with Crippen LogP contribution in [0.5, 0.6) is 0 Å². The molecule has 0 spiro atoms. The molecule has 0 saturated carbocycles. The molecule has 0 saturated heterocycles. The molecule has 1 amide bonds. The van der Waals surface area contributed by atoms with E-state index in [4.69, 9.17) is 0 Å². The quantitative estimate of drug-likeness (QED) is 0.0421. The Morgan fingerprint density at radius 3 is 0.921 bits per heavy atom. The van der Waals surface area contributed by atoms with Crippen molar-refractivity contribution in [2.75, 3.05) is 6.61 Å². The second kappa shape index (κ2) is 54.7. The highest BCUT2D eigenvalue weighted by molar-refractivity contribution is 5.76. The Morgan fingerprint density at radius 2 is 0.619 bits per heavy atom. The minimum atomic E-state index is -0.872. The second-order valence-electron chi connectivity index (χ2n) is 19.3. The van der Waals surface area contributed by atoms with E-state index < -0.39 is 12.1 Å². The Balaban J connectivity index is 3.54. The largest absolute Gasteiger partial charge is 0.394 e. The number of aliphatic hydroxyl groups excluding tert-OH is 2. The average molecular weight is 883 g/mol. The van der Waals surface area contributed by atoms with E-state index in [0.29, 0.717) is 6.42 Å². The summed E-state index contributed by atoms with van der Waals surface area (Å²) >= 11 is 0. The van der Waals surface area contributed by atoms with Gasteiger partial charge in [0, 0.05) is 6.42 Å². The Labute approximate surface area is 394 Å². The van der Waals surface area contributed by atoms with Gasteiger partial charge in [0.15, 0.2) is 0 Å². The highest BCUT2D eigenvalue weighted by Crippen LogP contribution is 2.17. The molecular formula is C59H111NO3. The van der Waals surface area contributed by atoms with Gasteiger partial charge < -0.3 is 15.5 Å². The fourth-order valence-electron chi connectivity index (χ4n) is 8.68. The van der Waals surface area contributed by atoms with Crippen molar-refractivity contribution < 1.29 is 15.0 Å². The van der Waals surface area contributed by atoms with Gasteiger partial charge in [-0.2, -0.15) is 0 Å². The lowest BCUT2D eigenvalue weighted by molar-refractivity contribution is -0.123. The van der Waals surface area contributed by atoms with Crippen LogP contribution >= 0.6 is 0 Å². The number of amides is 1. The van der Waals surface area contributed by atoms with Gasteiger partial charge in [0.25, 0.3) is 0 Å². The van der Waals surface area contributed by atoms with Crippen molar-refractivity contribution in [3.8, 4) is 0 Å². The van der Waals surface area contributed by atoms with E-state index in [1.165, 1.54) is 244 Å². The van der Waals surface area contributed by atoms with Crippen molar-refractivity contribution >= 4 is 5.91 Å². The third-order valence-corrected chi connectivity index (χ3v) is 13.0. The monoisotopic (exact) mass is 882 g/mol. The molecule has 3 N–H and O–H groups in total. The Morgan fingerprint density at radius 1 is 0.365 bits per heavy atom. The minimum Gasteiger partial charge on any atom is -0.394 e. The molecule has 2 atom stereocenters. The summed E-state index contributed by atoms with van der Waals surface area (Å²) in [5, 5.41) is 23.1. The molecule has 0 aromatic carbocycles. The summed E-state index contributed by atoms with van der Waals surface area (Å²) < 4.78 is 0. The number of nitrogens with one attached hydrogen (secondary N) is 1. The molecule has 0 aliphatic rings. The molecule has 370 valence electrons. The second-order valence-corrected chi connectivity index (χ2v) is 19.3. The van der Waals surface area contributed by atoms with Crippen LogP contribution < -0.4 is 5.32 Å². The highest BCUT2D eigenvalue weighted by atomic mass is 16.3. The van der Waals surface area contributed by atoms with E-state index in [-0.39, 0.29) is 12.5 Å². The van der Waals surface area contributed by atoms with Crippen molar-refractivity contribution in [3.05, 3.63) is 48.6 Å². The summed E-state index contributed by atoms with van der Waals surface area (Å²) in [6, 6.07) is -0.648. The van der Waals surface area contributed by atoms with E-state index in [0.717, 1.165) is 38.5 Å². The van der Waals surface area contributed by atoms with E-state index in [2.05, 4.69) is 55.6 Å². The third-order valence-electron chi connectivity index (χ3n) is 13.0. The summed E-state index contributed by atoms with van der Waals surface area (Å²) in [5.74, 6) is -0.0782. The Bertz CT molecular complexity index is 1000. The molecule has 0 aliphatic heterocycles. The van der Waals surface area contributed by atoms with Gasteiger partial charge in [-0.25, -0.2) is 0 Å². The summed E-state index contributed by atoms with van der Waals surface area (Å²) in [4.78, 5) is 12.4. The standard InChI is InChI=1S/C59H111NO3/c1-3-5-7-9-11-13-15-17-19-21-23-24-25-26-27-28-29-30-31-32-33-34-35-37-38-40-42-44-46-48-50-52-54-58(62)57(56-61)60-59(63)55-53-51-49-47-45-43-41-39-36-22-20-18-16-14-12-10-8-6-4-2/h18,20,37-38,44,46,52,54,57-58,61-62H,3-17,19,21-36,39-43,45,47-51,53,55-56H2,1-2H3,(H,60,63)/b20-18-,38-37+,46-44+,54-52+. The Hall–Kier alpha value is -1.65. The predicted octanol–water partition coefficient (Wildman–Crippen LogP) is 18.6. The number of hydrogen-bond acceptors (Lipinski definition) is 3. The van der Waals surface area contributed by atoms with Crippen LogP contribution in [0.4, 0.5) is 0 Å². The van der Waals surface area contributed by atoms with E-state index in [9.17, 15) is 15.0 Å². The lowest BCUT2D eigenvalue weighted by Gasteiger charge is -2.19. The molecule has 0 radical (unpaired) electrons. The zero-order chi connectivity index (χ0) is 45.6.